The second-order valence-corrected chi connectivity index (χ2v) is 3.74. The molecular weight excluding hydrogens is 348 g/mol. The highest BCUT2D eigenvalue weighted by Gasteiger charge is 2.38. The highest BCUT2D eigenvalue weighted by atomic mass is 127. The van der Waals surface area contributed by atoms with Crippen LogP contribution in [0.5, 0.6) is 5.75 Å². The predicted molar refractivity (Wildman–Crippen MR) is 53.5 cm³/mol. The van der Waals surface area contributed by atoms with Gasteiger partial charge in [0.15, 0.2) is 0 Å². The van der Waals surface area contributed by atoms with Crippen molar-refractivity contribution in [2.45, 2.75) is 12.6 Å². The first-order valence-electron chi connectivity index (χ1n) is 3.87. The summed E-state index contributed by atoms with van der Waals surface area (Å²) in [7, 11) is 0.982. The normalized spacial score (nSPS) is 12.0. The zero-order valence-electron chi connectivity index (χ0n) is 7.78. The first-order chi connectivity index (χ1) is 7.27. The Hall–Kier alpha value is -0.670. The first-order valence-corrected chi connectivity index (χ1v) is 4.95. The van der Waals surface area contributed by atoms with Gasteiger partial charge in [-0.2, -0.15) is 13.2 Å². The number of hydrogen-bond acceptors (Lipinski definition) is 2. The van der Waals surface area contributed by atoms with E-state index in [1.807, 2.05) is 0 Å². The monoisotopic (exact) mass is 353 g/mol. The Morgan fingerprint density at radius 2 is 1.94 bits per heavy atom. The summed E-state index contributed by atoms with van der Waals surface area (Å²) in [6.07, 6.45) is -7.63. The van der Waals surface area contributed by atoms with Crippen LogP contribution in [0.4, 0.5) is 22.0 Å². The van der Waals surface area contributed by atoms with Gasteiger partial charge in [-0.1, -0.05) is 0 Å². The van der Waals surface area contributed by atoms with Crippen LogP contribution in [-0.2, 0) is 6.18 Å². The molecule has 0 N–H and O–H groups in total. The van der Waals surface area contributed by atoms with Gasteiger partial charge in [-0.15, -0.1) is 0 Å². The smallest absolute Gasteiger partial charge is 0.422 e. The fraction of sp³-hybridized carbons (Fsp3) is 0.375. The summed E-state index contributed by atoms with van der Waals surface area (Å²) in [5.41, 5.74) is -1.88. The summed E-state index contributed by atoms with van der Waals surface area (Å²) in [6.45, 7) is 0. The second-order valence-electron chi connectivity index (χ2n) is 2.71. The van der Waals surface area contributed by atoms with Gasteiger partial charge in [0.2, 0.25) is 0 Å². The molecule has 16 heavy (non-hydrogen) atoms. The number of alkyl halides is 5. The Morgan fingerprint density at radius 3 is 2.31 bits per heavy atom. The van der Waals surface area contributed by atoms with Crippen LogP contribution >= 0.6 is 22.6 Å². The van der Waals surface area contributed by atoms with Crippen LogP contribution in [0, 0.1) is 3.70 Å². The van der Waals surface area contributed by atoms with Gasteiger partial charge in [0.05, 0.1) is 7.11 Å². The third kappa shape index (κ3) is 2.71. The summed E-state index contributed by atoms with van der Waals surface area (Å²) in [5.74, 6) is -0.651. The molecule has 0 aliphatic carbocycles. The Balaban J connectivity index is 3.41. The molecule has 0 radical (unpaired) electrons. The lowest BCUT2D eigenvalue weighted by atomic mass is 10.2. The molecule has 2 nitrogen and oxygen atoms in total. The number of ether oxygens (including phenoxy) is 1. The summed E-state index contributed by atoms with van der Waals surface area (Å²) in [5, 5.41) is 0. The molecule has 0 atom stereocenters. The molecule has 1 rings (SSSR count). The first kappa shape index (κ1) is 13.4. The third-order valence-corrected chi connectivity index (χ3v) is 2.47. The lowest BCUT2D eigenvalue weighted by Gasteiger charge is -2.14. The van der Waals surface area contributed by atoms with E-state index in [9.17, 15) is 22.0 Å². The molecule has 8 heteroatoms. The van der Waals surface area contributed by atoms with Crippen LogP contribution < -0.4 is 4.74 Å². The zero-order chi connectivity index (χ0) is 12.5. The van der Waals surface area contributed by atoms with E-state index in [2.05, 4.69) is 9.72 Å². The van der Waals surface area contributed by atoms with Gasteiger partial charge in [-0.3, -0.25) is 0 Å². The van der Waals surface area contributed by atoms with Crippen molar-refractivity contribution in [2.24, 2.45) is 0 Å². The minimum Gasteiger partial charge on any atom is -0.496 e. The highest BCUT2D eigenvalue weighted by Crippen LogP contribution is 2.39. The van der Waals surface area contributed by atoms with Crippen molar-refractivity contribution >= 4 is 22.6 Å². The molecule has 0 bridgehead atoms. The van der Waals surface area contributed by atoms with Crippen LogP contribution in [0.15, 0.2) is 6.07 Å². The van der Waals surface area contributed by atoms with Gasteiger partial charge in [0.25, 0.3) is 6.43 Å². The molecule has 0 aliphatic heterocycles. The van der Waals surface area contributed by atoms with Crippen molar-refractivity contribution in [1.82, 2.24) is 4.98 Å². The molecule has 0 spiro atoms. The summed E-state index contributed by atoms with van der Waals surface area (Å²) >= 11 is 1.25. The predicted octanol–water partition coefficient (Wildman–Crippen LogP) is 3.65. The lowest BCUT2D eigenvalue weighted by Crippen LogP contribution is -2.12. The van der Waals surface area contributed by atoms with Crippen LogP contribution in [0.2, 0.25) is 0 Å². The van der Waals surface area contributed by atoms with E-state index in [4.69, 9.17) is 0 Å². The van der Waals surface area contributed by atoms with E-state index in [1.165, 1.54) is 22.6 Å². The summed E-state index contributed by atoms with van der Waals surface area (Å²) in [4.78, 5) is 3.18. The van der Waals surface area contributed by atoms with Gasteiger partial charge < -0.3 is 4.74 Å². The number of hydrogen-bond donors (Lipinski definition) is 0. The molecule has 0 fully saturated rings. The van der Waals surface area contributed by atoms with Crippen molar-refractivity contribution in [3.8, 4) is 5.75 Å². The number of methoxy groups -OCH3 is 1. The maximum atomic E-state index is 12.5. The molecule has 0 aromatic carbocycles. The minimum atomic E-state index is -4.69. The van der Waals surface area contributed by atoms with Crippen molar-refractivity contribution in [3.05, 3.63) is 21.0 Å². The molecule has 1 aromatic heterocycles. The molecule has 90 valence electrons. The molecule has 0 unspecified atom stereocenters. The molecule has 0 saturated heterocycles. The fourth-order valence-electron chi connectivity index (χ4n) is 1.04. The zero-order valence-corrected chi connectivity index (χ0v) is 9.94. The standard InChI is InChI=1S/C8H5F5INO/c1-16-4-2-3(6(9)10)15-7(14)5(4)8(11,12)13/h2,6H,1H3. The molecule has 0 aliphatic rings. The van der Waals surface area contributed by atoms with Crippen molar-refractivity contribution in [3.63, 3.8) is 0 Å². The van der Waals surface area contributed by atoms with E-state index in [0.717, 1.165) is 7.11 Å². The van der Waals surface area contributed by atoms with Gasteiger partial charge >= 0.3 is 6.18 Å². The summed E-state index contributed by atoms with van der Waals surface area (Å²) in [6, 6.07) is 0.593. The van der Waals surface area contributed by atoms with E-state index in [0.29, 0.717) is 6.07 Å². The van der Waals surface area contributed by atoms with E-state index in [-0.39, 0.29) is 0 Å². The Morgan fingerprint density at radius 1 is 1.38 bits per heavy atom. The van der Waals surface area contributed by atoms with Crippen LogP contribution in [-0.4, -0.2) is 12.1 Å². The average Bonchev–Trinajstić information content (AvgIpc) is 2.14. The van der Waals surface area contributed by atoms with Crippen LogP contribution in [0.3, 0.4) is 0 Å². The Labute approximate surface area is 101 Å². The number of rotatable bonds is 2. The number of aromatic nitrogens is 1. The topological polar surface area (TPSA) is 22.1 Å². The van der Waals surface area contributed by atoms with Gasteiger partial charge in [0.1, 0.15) is 20.7 Å². The fourth-order valence-corrected chi connectivity index (χ4v) is 1.89. The molecule has 1 heterocycles. The lowest BCUT2D eigenvalue weighted by molar-refractivity contribution is -0.139. The van der Waals surface area contributed by atoms with Crippen molar-refractivity contribution < 1.29 is 26.7 Å². The quantitative estimate of drug-likeness (QED) is 0.460. The molecule has 0 amide bonds. The maximum Gasteiger partial charge on any atom is 0.422 e. The summed E-state index contributed by atoms with van der Waals surface area (Å²) < 4.78 is 66.0. The van der Waals surface area contributed by atoms with Gasteiger partial charge in [0, 0.05) is 6.07 Å². The number of halogens is 6. The molecular formula is C8H5F5INO. The van der Waals surface area contributed by atoms with E-state index < -0.39 is 33.3 Å². The minimum absolute atomic E-state index is 0.556. The maximum absolute atomic E-state index is 12.5. The Bertz CT molecular complexity index is 393. The van der Waals surface area contributed by atoms with E-state index >= 15 is 0 Å². The molecule has 1 aromatic rings. The van der Waals surface area contributed by atoms with Crippen molar-refractivity contribution in [1.29, 1.82) is 0 Å². The largest absolute Gasteiger partial charge is 0.496 e. The average molecular weight is 353 g/mol. The van der Waals surface area contributed by atoms with E-state index in [1.54, 1.807) is 0 Å². The van der Waals surface area contributed by atoms with Gasteiger partial charge in [-0.05, 0) is 22.6 Å². The van der Waals surface area contributed by atoms with Crippen molar-refractivity contribution in [2.75, 3.05) is 7.11 Å². The Kier molecular flexibility index (Phi) is 3.92. The highest BCUT2D eigenvalue weighted by molar-refractivity contribution is 14.1. The number of nitrogens with zero attached hydrogens (tertiary/aromatic N) is 1. The van der Waals surface area contributed by atoms with Gasteiger partial charge in [-0.25, -0.2) is 13.8 Å². The molecule has 0 saturated carbocycles. The van der Waals surface area contributed by atoms with Crippen LogP contribution in [0.25, 0.3) is 0 Å². The second kappa shape index (κ2) is 4.68. The van der Waals surface area contributed by atoms with Crippen LogP contribution in [0.1, 0.15) is 17.7 Å². The number of pyridine rings is 1. The SMILES string of the molecule is COc1cc(C(F)F)nc(I)c1C(F)(F)F. The third-order valence-electron chi connectivity index (χ3n) is 1.69.